The van der Waals surface area contributed by atoms with Crippen LogP contribution in [0.4, 0.5) is 13.2 Å². The summed E-state index contributed by atoms with van der Waals surface area (Å²) >= 11 is 0. The number of hydrogen-bond acceptors (Lipinski definition) is 2. The Morgan fingerprint density at radius 3 is 2.47 bits per heavy atom. The first-order chi connectivity index (χ1) is 7.11. The van der Waals surface area contributed by atoms with E-state index in [0.29, 0.717) is 18.5 Å². The van der Waals surface area contributed by atoms with Crippen molar-refractivity contribution in [3.8, 4) is 5.75 Å². The van der Waals surface area contributed by atoms with Crippen molar-refractivity contribution in [1.82, 2.24) is 5.32 Å². The van der Waals surface area contributed by atoms with Crippen molar-refractivity contribution in [2.45, 2.75) is 6.42 Å². The Labute approximate surface area is 86.1 Å². The molecule has 0 aliphatic carbocycles. The summed E-state index contributed by atoms with van der Waals surface area (Å²) in [6.45, 7) is 0.529. The van der Waals surface area contributed by atoms with Gasteiger partial charge in [0.15, 0.2) is 17.4 Å². The fourth-order valence-electron chi connectivity index (χ4n) is 1.29. The zero-order valence-electron chi connectivity index (χ0n) is 8.53. The number of rotatable bonds is 4. The first-order valence-corrected chi connectivity index (χ1v) is 4.46. The van der Waals surface area contributed by atoms with Gasteiger partial charge < -0.3 is 10.1 Å². The van der Waals surface area contributed by atoms with Crippen LogP contribution in [0, 0.1) is 17.5 Å². The van der Waals surface area contributed by atoms with E-state index in [4.69, 9.17) is 4.74 Å². The minimum Gasteiger partial charge on any atom is -0.493 e. The van der Waals surface area contributed by atoms with Crippen LogP contribution in [-0.2, 0) is 6.42 Å². The smallest absolute Gasteiger partial charge is 0.203 e. The van der Waals surface area contributed by atoms with E-state index in [0.717, 1.165) is 6.07 Å². The first-order valence-electron chi connectivity index (χ1n) is 4.46. The fraction of sp³-hybridized carbons (Fsp3) is 0.400. The highest BCUT2D eigenvalue weighted by atomic mass is 19.2. The van der Waals surface area contributed by atoms with Crippen LogP contribution in [-0.4, -0.2) is 20.7 Å². The molecule has 0 unspecified atom stereocenters. The highest BCUT2D eigenvalue weighted by Gasteiger charge is 2.18. The minimum atomic E-state index is -1.50. The highest BCUT2D eigenvalue weighted by molar-refractivity contribution is 5.36. The third kappa shape index (κ3) is 2.41. The van der Waals surface area contributed by atoms with Gasteiger partial charge >= 0.3 is 0 Å². The summed E-state index contributed by atoms with van der Waals surface area (Å²) in [5.74, 6) is -4.20. The van der Waals surface area contributed by atoms with Gasteiger partial charge in [0, 0.05) is 5.56 Å². The molecule has 1 rings (SSSR count). The highest BCUT2D eigenvalue weighted by Crippen LogP contribution is 2.27. The summed E-state index contributed by atoms with van der Waals surface area (Å²) in [7, 11) is 2.93. The average Bonchev–Trinajstić information content (AvgIpc) is 2.23. The molecule has 1 aromatic carbocycles. The molecule has 0 amide bonds. The predicted molar refractivity (Wildman–Crippen MR) is 50.5 cm³/mol. The van der Waals surface area contributed by atoms with Gasteiger partial charge in [0.25, 0.3) is 0 Å². The molecule has 0 saturated carbocycles. The van der Waals surface area contributed by atoms with Crippen LogP contribution >= 0.6 is 0 Å². The van der Waals surface area contributed by atoms with Gasteiger partial charge in [0.2, 0.25) is 5.82 Å². The molecule has 84 valence electrons. The number of benzene rings is 1. The summed E-state index contributed by atoms with van der Waals surface area (Å²) < 4.78 is 43.6. The maximum absolute atomic E-state index is 13.2. The largest absolute Gasteiger partial charge is 0.493 e. The van der Waals surface area contributed by atoms with E-state index < -0.39 is 17.5 Å². The van der Waals surface area contributed by atoms with Crippen molar-refractivity contribution < 1.29 is 17.9 Å². The van der Waals surface area contributed by atoms with Gasteiger partial charge in [0.05, 0.1) is 7.11 Å². The van der Waals surface area contributed by atoms with Crippen molar-refractivity contribution >= 4 is 0 Å². The first kappa shape index (κ1) is 11.8. The topological polar surface area (TPSA) is 21.3 Å². The second-order valence-corrected chi connectivity index (χ2v) is 3.03. The molecule has 0 atom stereocenters. The van der Waals surface area contributed by atoms with Crippen LogP contribution in [0.1, 0.15) is 5.56 Å². The van der Waals surface area contributed by atoms with Crippen LogP contribution in [0.5, 0.6) is 5.75 Å². The summed E-state index contributed by atoms with van der Waals surface area (Å²) in [5, 5.41) is 2.83. The molecule has 0 aliphatic heterocycles. The van der Waals surface area contributed by atoms with E-state index in [9.17, 15) is 13.2 Å². The molecule has 15 heavy (non-hydrogen) atoms. The maximum Gasteiger partial charge on any atom is 0.203 e. The summed E-state index contributed by atoms with van der Waals surface area (Å²) in [5.41, 5.74) is 0.309. The van der Waals surface area contributed by atoms with E-state index in [1.807, 2.05) is 0 Å². The van der Waals surface area contributed by atoms with Crippen LogP contribution in [0.15, 0.2) is 6.07 Å². The lowest BCUT2D eigenvalue weighted by molar-refractivity contribution is 0.355. The molecule has 0 bridgehead atoms. The molecule has 5 heteroatoms. The van der Waals surface area contributed by atoms with Gasteiger partial charge in [-0.15, -0.1) is 0 Å². The van der Waals surface area contributed by atoms with Crippen LogP contribution < -0.4 is 10.1 Å². The Balaban J connectivity index is 3.13. The standard InChI is InChI=1S/C10H12F3NO/c1-14-4-3-6-5-7(11)8(12)9(13)10(6)15-2/h5,14H,3-4H2,1-2H3. The van der Waals surface area contributed by atoms with E-state index in [2.05, 4.69) is 5.32 Å². The van der Waals surface area contributed by atoms with Gasteiger partial charge in [-0.25, -0.2) is 8.78 Å². The van der Waals surface area contributed by atoms with Gasteiger partial charge in [-0.05, 0) is 26.1 Å². The lowest BCUT2D eigenvalue weighted by Crippen LogP contribution is -2.12. The minimum absolute atomic E-state index is 0.232. The molecule has 2 nitrogen and oxygen atoms in total. The molecule has 0 fully saturated rings. The Hall–Kier alpha value is -1.23. The number of halogens is 3. The van der Waals surface area contributed by atoms with Crippen molar-refractivity contribution in [1.29, 1.82) is 0 Å². The quantitative estimate of drug-likeness (QED) is 0.780. The fourth-order valence-corrected chi connectivity index (χ4v) is 1.29. The van der Waals surface area contributed by atoms with Crippen LogP contribution in [0.3, 0.4) is 0 Å². The molecule has 1 aromatic rings. The monoisotopic (exact) mass is 219 g/mol. The third-order valence-electron chi connectivity index (χ3n) is 2.04. The second-order valence-electron chi connectivity index (χ2n) is 3.03. The predicted octanol–water partition coefficient (Wildman–Crippen LogP) is 1.87. The Bertz CT molecular complexity index is 355. The zero-order valence-corrected chi connectivity index (χ0v) is 8.53. The summed E-state index contributed by atoms with van der Waals surface area (Å²) in [4.78, 5) is 0. The lowest BCUT2D eigenvalue weighted by Gasteiger charge is -2.10. The Morgan fingerprint density at radius 2 is 1.93 bits per heavy atom. The average molecular weight is 219 g/mol. The van der Waals surface area contributed by atoms with Gasteiger partial charge in [-0.3, -0.25) is 0 Å². The Morgan fingerprint density at radius 1 is 1.27 bits per heavy atom. The van der Waals surface area contributed by atoms with Crippen molar-refractivity contribution in [3.05, 3.63) is 29.1 Å². The van der Waals surface area contributed by atoms with Gasteiger partial charge in [-0.2, -0.15) is 4.39 Å². The molecule has 1 N–H and O–H groups in total. The van der Waals surface area contributed by atoms with Crippen molar-refractivity contribution in [2.75, 3.05) is 20.7 Å². The second kappa shape index (κ2) is 5.02. The van der Waals surface area contributed by atoms with E-state index >= 15 is 0 Å². The molecule has 0 spiro atoms. The number of methoxy groups -OCH3 is 1. The molecule has 0 aromatic heterocycles. The lowest BCUT2D eigenvalue weighted by atomic mass is 10.1. The number of ether oxygens (including phenoxy) is 1. The molecular weight excluding hydrogens is 207 g/mol. The van der Waals surface area contributed by atoms with E-state index in [1.165, 1.54) is 7.11 Å². The normalized spacial score (nSPS) is 10.5. The van der Waals surface area contributed by atoms with E-state index in [1.54, 1.807) is 7.05 Å². The number of hydrogen-bond donors (Lipinski definition) is 1. The molecular formula is C10H12F3NO. The van der Waals surface area contributed by atoms with Gasteiger partial charge in [-0.1, -0.05) is 0 Å². The van der Waals surface area contributed by atoms with Crippen LogP contribution in [0.25, 0.3) is 0 Å². The zero-order chi connectivity index (χ0) is 11.4. The van der Waals surface area contributed by atoms with Gasteiger partial charge in [0.1, 0.15) is 0 Å². The molecule has 0 saturated heterocycles. The summed E-state index contributed by atoms with van der Waals surface area (Å²) in [6.07, 6.45) is 0.369. The molecule has 0 aliphatic rings. The third-order valence-corrected chi connectivity index (χ3v) is 2.04. The van der Waals surface area contributed by atoms with Crippen molar-refractivity contribution in [2.24, 2.45) is 0 Å². The van der Waals surface area contributed by atoms with Crippen molar-refractivity contribution in [3.63, 3.8) is 0 Å². The Kier molecular flexibility index (Phi) is 3.96. The number of likely N-dealkylation sites (N-methyl/N-ethyl adjacent to an activating group) is 1. The molecule has 0 radical (unpaired) electrons. The van der Waals surface area contributed by atoms with Crippen LogP contribution in [0.2, 0.25) is 0 Å². The molecule has 0 heterocycles. The SMILES string of the molecule is CNCCc1cc(F)c(F)c(F)c1OC. The summed E-state index contributed by atoms with van der Waals surface area (Å²) in [6, 6.07) is 0.953. The van der Waals surface area contributed by atoms with E-state index in [-0.39, 0.29) is 5.75 Å². The maximum atomic E-state index is 13.2. The number of nitrogens with one attached hydrogen (secondary N) is 1.